The highest BCUT2D eigenvalue weighted by Crippen LogP contribution is 2.32. The van der Waals surface area contributed by atoms with Crippen LogP contribution in [0.15, 0.2) is 6.07 Å². The van der Waals surface area contributed by atoms with Gasteiger partial charge in [-0.3, -0.25) is 0 Å². The molecule has 0 amide bonds. The van der Waals surface area contributed by atoms with Crippen molar-refractivity contribution in [1.29, 1.82) is 0 Å². The summed E-state index contributed by atoms with van der Waals surface area (Å²) in [7, 11) is 1.13. The zero-order chi connectivity index (χ0) is 14.6. The molecule has 19 heavy (non-hydrogen) atoms. The van der Waals surface area contributed by atoms with Crippen LogP contribution in [0.3, 0.4) is 0 Å². The predicted octanol–water partition coefficient (Wildman–Crippen LogP) is 2.11. The number of rotatable bonds is 5. The molecule has 0 spiro atoms. The summed E-state index contributed by atoms with van der Waals surface area (Å²) < 4.78 is 34.7. The van der Waals surface area contributed by atoms with E-state index in [4.69, 9.17) is 4.74 Å². The van der Waals surface area contributed by atoms with Crippen molar-refractivity contribution in [2.75, 3.05) is 13.7 Å². The summed E-state index contributed by atoms with van der Waals surface area (Å²) in [5, 5.41) is 10.7. The number of nitrogens with zero attached hydrogens (tertiary/aromatic N) is 2. The molecule has 0 radical (unpaired) electrons. The Morgan fingerprint density at radius 3 is 2.63 bits per heavy atom. The van der Waals surface area contributed by atoms with Gasteiger partial charge in [-0.1, -0.05) is 0 Å². The van der Waals surface area contributed by atoms with Gasteiger partial charge in [-0.25, -0.2) is 13.6 Å². The lowest BCUT2D eigenvalue weighted by Gasteiger charge is -2.07. The van der Waals surface area contributed by atoms with Crippen LogP contribution in [-0.4, -0.2) is 29.6 Å². The average Bonchev–Trinajstić information content (AvgIpc) is 2.37. The predicted molar refractivity (Wildman–Crippen MR) is 58.4 cm³/mol. The Bertz CT molecular complexity index is 507. The normalized spacial score (nSPS) is 10.4. The highest BCUT2D eigenvalue weighted by molar-refractivity contribution is 5.90. The second kappa shape index (κ2) is 6.03. The molecule has 0 N–H and O–H groups in total. The van der Waals surface area contributed by atoms with E-state index >= 15 is 0 Å². The molecule has 0 aliphatic heterocycles. The minimum atomic E-state index is -3.11. The number of carbonyl (C=O) groups is 1. The SMILES string of the molecule is CCOC(=O)c1nc([N+](=O)[O-])c(C(F)F)cc1OC. The van der Waals surface area contributed by atoms with Gasteiger partial charge in [0, 0.05) is 6.07 Å². The summed E-state index contributed by atoms with van der Waals surface area (Å²) in [6, 6.07) is 0.710. The molecular formula is C10H10F2N2O5. The maximum Gasteiger partial charge on any atom is 0.387 e. The van der Waals surface area contributed by atoms with Crippen molar-refractivity contribution in [3.8, 4) is 5.75 Å². The fourth-order valence-electron chi connectivity index (χ4n) is 1.31. The molecule has 0 aliphatic carbocycles. The number of aromatic nitrogens is 1. The van der Waals surface area contributed by atoms with Crippen LogP contribution in [0.2, 0.25) is 0 Å². The van der Waals surface area contributed by atoms with E-state index in [1.807, 2.05) is 0 Å². The Morgan fingerprint density at radius 1 is 1.58 bits per heavy atom. The molecule has 0 aliphatic rings. The van der Waals surface area contributed by atoms with Crippen LogP contribution in [-0.2, 0) is 4.74 Å². The first-order valence-electron chi connectivity index (χ1n) is 5.10. The molecule has 1 rings (SSSR count). The summed E-state index contributed by atoms with van der Waals surface area (Å²) in [6.45, 7) is 1.53. The number of methoxy groups -OCH3 is 1. The summed E-state index contributed by atoms with van der Waals surface area (Å²) in [5.41, 5.74) is -1.43. The van der Waals surface area contributed by atoms with Gasteiger partial charge >= 0.3 is 17.5 Å². The minimum absolute atomic E-state index is 0.00800. The maximum atomic E-state index is 12.7. The molecule has 0 saturated heterocycles. The van der Waals surface area contributed by atoms with Gasteiger partial charge in [0.05, 0.1) is 13.7 Å². The van der Waals surface area contributed by atoms with Gasteiger partial charge in [0.2, 0.25) is 0 Å². The number of esters is 1. The topological polar surface area (TPSA) is 91.6 Å². The second-order valence-corrected chi connectivity index (χ2v) is 3.23. The quantitative estimate of drug-likeness (QED) is 0.464. The third-order valence-corrected chi connectivity index (χ3v) is 2.09. The van der Waals surface area contributed by atoms with Gasteiger partial charge in [-0.2, -0.15) is 0 Å². The molecule has 0 atom stereocenters. The van der Waals surface area contributed by atoms with Crippen LogP contribution in [0, 0.1) is 10.1 Å². The number of ether oxygens (including phenoxy) is 2. The fourth-order valence-corrected chi connectivity index (χ4v) is 1.31. The lowest BCUT2D eigenvalue weighted by molar-refractivity contribution is -0.391. The molecule has 0 aromatic carbocycles. The Labute approximate surface area is 106 Å². The van der Waals surface area contributed by atoms with Crippen molar-refractivity contribution in [3.63, 3.8) is 0 Å². The first-order chi connectivity index (χ1) is 8.92. The Hall–Kier alpha value is -2.32. The highest BCUT2D eigenvalue weighted by atomic mass is 19.3. The molecule has 0 unspecified atom stereocenters. The third-order valence-electron chi connectivity index (χ3n) is 2.09. The summed E-state index contributed by atoms with van der Waals surface area (Å²) in [5.74, 6) is -2.39. The number of hydrogen-bond acceptors (Lipinski definition) is 6. The molecule has 0 saturated carbocycles. The zero-order valence-corrected chi connectivity index (χ0v) is 10.1. The molecule has 1 aromatic rings. The van der Waals surface area contributed by atoms with Gasteiger partial charge < -0.3 is 19.6 Å². The number of pyridine rings is 1. The van der Waals surface area contributed by atoms with Crippen molar-refractivity contribution in [1.82, 2.24) is 4.98 Å². The first-order valence-corrected chi connectivity index (χ1v) is 5.10. The van der Waals surface area contributed by atoms with Crippen LogP contribution in [0.25, 0.3) is 0 Å². The van der Waals surface area contributed by atoms with Crippen molar-refractivity contribution in [3.05, 3.63) is 27.4 Å². The largest absolute Gasteiger partial charge is 0.492 e. The van der Waals surface area contributed by atoms with Crippen LogP contribution >= 0.6 is 0 Å². The molecular weight excluding hydrogens is 266 g/mol. The number of hydrogen-bond donors (Lipinski definition) is 0. The van der Waals surface area contributed by atoms with Crippen LogP contribution < -0.4 is 4.74 Å². The Morgan fingerprint density at radius 2 is 2.21 bits per heavy atom. The smallest absolute Gasteiger partial charge is 0.387 e. The fraction of sp³-hybridized carbons (Fsp3) is 0.400. The highest BCUT2D eigenvalue weighted by Gasteiger charge is 2.31. The van der Waals surface area contributed by atoms with E-state index in [2.05, 4.69) is 9.72 Å². The number of alkyl halides is 2. The van der Waals surface area contributed by atoms with E-state index in [0.29, 0.717) is 6.07 Å². The van der Waals surface area contributed by atoms with E-state index in [-0.39, 0.29) is 12.4 Å². The molecule has 7 nitrogen and oxygen atoms in total. The van der Waals surface area contributed by atoms with Crippen molar-refractivity contribution >= 4 is 11.8 Å². The number of carbonyl (C=O) groups excluding carboxylic acids is 1. The third kappa shape index (κ3) is 3.12. The lowest BCUT2D eigenvalue weighted by Crippen LogP contribution is -2.12. The van der Waals surface area contributed by atoms with Crippen LogP contribution in [0.4, 0.5) is 14.6 Å². The number of halogens is 2. The van der Waals surface area contributed by atoms with Crippen LogP contribution in [0.1, 0.15) is 29.4 Å². The summed E-state index contributed by atoms with van der Waals surface area (Å²) in [6.07, 6.45) is -3.11. The van der Waals surface area contributed by atoms with Gasteiger partial charge in [-0.05, 0) is 16.8 Å². The Kier molecular flexibility index (Phi) is 4.67. The first kappa shape index (κ1) is 14.7. The van der Waals surface area contributed by atoms with Crippen molar-refractivity contribution < 1.29 is 28.0 Å². The van der Waals surface area contributed by atoms with Crippen molar-refractivity contribution in [2.45, 2.75) is 13.3 Å². The molecule has 9 heteroatoms. The second-order valence-electron chi connectivity index (χ2n) is 3.23. The van der Waals surface area contributed by atoms with E-state index in [9.17, 15) is 23.7 Å². The molecule has 0 bridgehead atoms. The average molecular weight is 276 g/mol. The monoisotopic (exact) mass is 276 g/mol. The summed E-state index contributed by atoms with van der Waals surface area (Å²) in [4.78, 5) is 24.4. The van der Waals surface area contributed by atoms with Gasteiger partial charge in [0.15, 0.2) is 5.75 Å². The van der Waals surface area contributed by atoms with Gasteiger partial charge in [0.1, 0.15) is 5.56 Å². The van der Waals surface area contributed by atoms with E-state index in [1.165, 1.54) is 6.92 Å². The molecule has 1 aromatic heterocycles. The zero-order valence-electron chi connectivity index (χ0n) is 10.1. The van der Waals surface area contributed by atoms with Crippen LogP contribution in [0.5, 0.6) is 5.75 Å². The van der Waals surface area contributed by atoms with E-state index in [1.54, 1.807) is 0 Å². The minimum Gasteiger partial charge on any atom is -0.492 e. The molecule has 1 heterocycles. The van der Waals surface area contributed by atoms with E-state index in [0.717, 1.165) is 7.11 Å². The lowest BCUT2D eigenvalue weighted by atomic mass is 10.2. The number of nitro groups is 1. The maximum absolute atomic E-state index is 12.7. The summed E-state index contributed by atoms with van der Waals surface area (Å²) >= 11 is 0. The standard InChI is InChI=1S/C10H10F2N2O5/c1-3-19-10(15)7-6(18-2)4-5(8(11)12)9(13-7)14(16)17/h4,8H,3H2,1-2H3. The van der Waals surface area contributed by atoms with E-state index < -0.39 is 34.4 Å². The van der Waals surface area contributed by atoms with Crippen molar-refractivity contribution in [2.24, 2.45) is 0 Å². The Balaban J connectivity index is 3.43. The molecule has 0 fully saturated rings. The molecule has 104 valence electrons. The van der Waals surface area contributed by atoms with Gasteiger partial charge in [-0.15, -0.1) is 0 Å². The van der Waals surface area contributed by atoms with Gasteiger partial charge in [0.25, 0.3) is 6.43 Å².